The van der Waals surface area contributed by atoms with Gasteiger partial charge in [-0.1, -0.05) is 13.8 Å². The molecule has 2 rings (SSSR count). The lowest BCUT2D eigenvalue weighted by atomic mass is 9.76. The van der Waals surface area contributed by atoms with Crippen LogP contribution in [0.4, 0.5) is 0 Å². The summed E-state index contributed by atoms with van der Waals surface area (Å²) in [5.74, 6) is 0.871. The number of hydrogen-bond acceptors (Lipinski definition) is 1. The van der Waals surface area contributed by atoms with Crippen LogP contribution in [0.1, 0.15) is 40.0 Å². The molecule has 2 fully saturated rings. The van der Waals surface area contributed by atoms with E-state index in [1.807, 2.05) is 6.92 Å². The van der Waals surface area contributed by atoms with E-state index in [4.69, 9.17) is 5.11 Å². The van der Waals surface area contributed by atoms with Gasteiger partial charge in [-0.3, -0.25) is 4.79 Å². The van der Waals surface area contributed by atoms with Crippen molar-refractivity contribution in [3.8, 4) is 0 Å². The van der Waals surface area contributed by atoms with Gasteiger partial charge in [-0.2, -0.15) is 0 Å². The lowest BCUT2D eigenvalue weighted by Crippen LogP contribution is -2.30. The Kier molecular flexibility index (Phi) is 1.59. The maximum absolute atomic E-state index is 11.1. The van der Waals surface area contributed by atoms with Gasteiger partial charge in [-0.05, 0) is 43.4 Å². The Hall–Kier alpha value is -0.530. The number of aliphatic carboxylic acids is 1. The Morgan fingerprint density at radius 3 is 2.38 bits per heavy atom. The van der Waals surface area contributed by atoms with Gasteiger partial charge < -0.3 is 5.11 Å². The Balaban J connectivity index is 2.12. The van der Waals surface area contributed by atoms with Crippen LogP contribution in [-0.2, 0) is 4.79 Å². The number of fused-ring (bicyclic) bond motifs is 1. The van der Waals surface area contributed by atoms with Crippen molar-refractivity contribution < 1.29 is 9.90 Å². The van der Waals surface area contributed by atoms with Crippen molar-refractivity contribution in [1.29, 1.82) is 0 Å². The maximum Gasteiger partial charge on any atom is 0.309 e. The van der Waals surface area contributed by atoms with E-state index in [1.54, 1.807) is 0 Å². The first kappa shape index (κ1) is 9.04. The molecule has 2 heteroatoms. The van der Waals surface area contributed by atoms with Crippen molar-refractivity contribution in [2.24, 2.45) is 22.7 Å². The number of carbonyl (C=O) groups is 1. The number of carboxylic acids is 1. The third-order valence-electron chi connectivity index (χ3n) is 4.48. The van der Waals surface area contributed by atoms with E-state index >= 15 is 0 Å². The Bertz CT molecular complexity index is 257. The van der Waals surface area contributed by atoms with E-state index in [-0.39, 0.29) is 0 Å². The molecular weight excluding hydrogens is 164 g/mol. The van der Waals surface area contributed by atoms with Crippen molar-refractivity contribution in [3.63, 3.8) is 0 Å². The van der Waals surface area contributed by atoms with Crippen molar-refractivity contribution in [3.05, 3.63) is 0 Å². The molecule has 0 bridgehead atoms. The van der Waals surface area contributed by atoms with Crippen LogP contribution in [0.2, 0.25) is 0 Å². The van der Waals surface area contributed by atoms with Crippen molar-refractivity contribution in [2.75, 3.05) is 0 Å². The summed E-state index contributed by atoms with van der Waals surface area (Å²) < 4.78 is 0. The van der Waals surface area contributed by atoms with Crippen molar-refractivity contribution >= 4 is 5.97 Å². The molecule has 13 heavy (non-hydrogen) atoms. The lowest BCUT2D eigenvalue weighted by Gasteiger charge is -2.28. The largest absolute Gasteiger partial charge is 0.481 e. The first-order valence-electron chi connectivity index (χ1n) is 5.11. The lowest BCUT2D eigenvalue weighted by molar-refractivity contribution is -0.150. The highest BCUT2D eigenvalue weighted by Gasteiger charge is 2.62. The van der Waals surface area contributed by atoms with Crippen LogP contribution in [0.25, 0.3) is 0 Å². The fourth-order valence-corrected chi connectivity index (χ4v) is 3.09. The van der Waals surface area contributed by atoms with Crippen LogP contribution in [0.15, 0.2) is 0 Å². The fraction of sp³-hybridized carbons (Fsp3) is 0.909. The standard InChI is InChI=1S/C11H18O2/c1-10(2)7-4-5-11(3,9(12)13)6-8(7)10/h7-8H,4-6H2,1-3H3,(H,12,13). The van der Waals surface area contributed by atoms with Crippen molar-refractivity contribution in [1.82, 2.24) is 0 Å². The normalized spacial score (nSPS) is 46.7. The van der Waals surface area contributed by atoms with Gasteiger partial charge in [0, 0.05) is 0 Å². The topological polar surface area (TPSA) is 37.3 Å². The van der Waals surface area contributed by atoms with Gasteiger partial charge in [0.15, 0.2) is 0 Å². The van der Waals surface area contributed by atoms with Crippen LogP contribution in [0.5, 0.6) is 0 Å². The average Bonchev–Trinajstić information content (AvgIpc) is 2.53. The molecule has 0 aromatic rings. The molecule has 0 heterocycles. The highest BCUT2D eigenvalue weighted by Crippen LogP contribution is 2.67. The van der Waals surface area contributed by atoms with Gasteiger partial charge in [0.1, 0.15) is 0 Å². The van der Waals surface area contributed by atoms with E-state index in [9.17, 15) is 4.79 Å². The minimum absolute atomic E-state index is 0.424. The molecule has 2 nitrogen and oxygen atoms in total. The zero-order chi connectivity index (χ0) is 9.85. The zero-order valence-electron chi connectivity index (χ0n) is 8.63. The van der Waals surface area contributed by atoms with Crippen LogP contribution in [-0.4, -0.2) is 11.1 Å². The third kappa shape index (κ3) is 1.11. The highest BCUT2D eigenvalue weighted by atomic mass is 16.4. The molecule has 0 amide bonds. The van der Waals surface area contributed by atoms with Crippen LogP contribution >= 0.6 is 0 Å². The van der Waals surface area contributed by atoms with E-state index in [0.29, 0.717) is 11.3 Å². The molecule has 74 valence electrons. The number of hydrogen-bond donors (Lipinski definition) is 1. The Morgan fingerprint density at radius 2 is 1.92 bits per heavy atom. The summed E-state index contributed by atoms with van der Waals surface area (Å²) in [4.78, 5) is 11.1. The zero-order valence-corrected chi connectivity index (χ0v) is 8.63. The first-order chi connectivity index (χ1) is 5.88. The molecule has 2 aliphatic carbocycles. The van der Waals surface area contributed by atoms with Crippen LogP contribution in [0, 0.1) is 22.7 Å². The molecule has 2 saturated carbocycles. The van der Waals surface area contributed by atoms with Crippen molar-refractivity contribution in [2.45, 2.75) is 40.0 Å². The van der Waals surface area contributed by atoms with Gasteiger partial charge in [0.25, 0.3) is 0 Å². The molecule has 1 N–H and O–H groups in total. The quantitative estimate of drug-likeness (QED) is 0.676. The van der Waals surface area contributed by atoms with E-state index in [1.165, 1.54) is 0 Å². The molecule has 0 aliphatic heterocycles. The Morgan fingerprint density at radius 1 is 1.31 bits per heavy atom. The van der Waals surface area contributed by atoms with E-state index in [0.717, 1.165) is 25.2 Å². The van der Waals surface area contributed by atoms with Crippen LogP contribution < -0.4 is 0 Å². The molecule has 2 aliphatic rings. The predicted molar refractivity (Wildman–Crippen MR) is 50.4 cm³/mol. The summed E-state index contributed by atoms with van der Waals surface area (Å²) in [7, 11) is 0. The van der Waals surface area contributed by atoms with E-state index < -0.39 is 11.4 Å². The van der Waals surface area contributed by atoms with Gasteiger partial charge in [-0.25, -0.2) is 0 Å². The summed E-state index contributed by atoms with van der Waals surface area (Å²) in [5.41, 5.74) is -0.0118. The molecule has 0 saturated heterocycles. The number of rotatable bonds is 1. The molecule has 3 atom stereocenters. The summed E-state index contributed by atoms with van der Waals surface area (Å²) >= 11 is 0. The minimum Gasteiger partial charge on any atom is -0.481 e. The summed E-state index contributed by atoms with van der Waals surface area (Å²) in [6.45, 7) is 6.45. The minimum atomic E-state index is -0.603. The van der Waals surface area contributed by atoms with Gasteiger partial charge >= 0.3 is 5.97 Å². The van der Waals surface area contributed by atoms with Gasteiger partial charge in [0.2, 0.25) is 0 Å². The van der Waals surface area contributed by atoms with Crippen LogP contribution in [0.3, 0.4) is 0 Å². The average molecular weight is 182 g/mol. The predicted octanol–water partition coefficient (Wildman–Crippen LogP) is 2.53. The highest BCUT2D eigenvalue weighted by molar-refractivity contribution is 5.74. The smallest absolute Gasteiger partial charge is 0.309 e. The molecule has 0 radical (unpaired) electrons. The summed E-state index contributed by atoms with van der Waals surface area (Å²) in [6.07, 6.45) is 2.87. The molecule has 0 spiro atoms. The second kappa shape index (κ2) is 2.28. The van der Waals surface area contributed by atoms with E-state index in [2.05, 4.69) is 13.8 Å². The molecular formula is C11H18O2. The number of carboxylic acid groups (broad SMARTS) is 1. The first-order valence-corrected chi connectivity index (χ1v) is 5.11. The second-order valence-corrected chi connectivity index (χ2v) is 5.64. The Labute approximate surface area is 79.3 Å². The second-order valence-electron chi connectivity index (χ2n) is 5.64. The SMILES string of the molecule is CC1(C(=O)O)CCC2C(C1)C2(C)C. The third-order valence-corrected chi connectivity index (χ3v) is 4.48. The van der Waals surface area contributed by atoms with Gasteiger partial charge in [0.05, 0.1) is 5.41 Å². The van der Waals surface area contributed by atoms with Gasteiger partial charge in [-0.15, -0.1) is 0 Å². The monoisotopic (exact) mass is 182 g/mol. The maximum atomic E-state index is 11.1. The summed E-state index contributed by atoms with van der Waals surface area (Å²) in [6, 6.07) is 0. The summed E-state index contributed by atoms with van der Waals surface area (Å²) in [5, 5.41) is 9.10. The molecule has 0 aromatic heterocycles. The molecule has 3 unspecified atom stereocenters. The fourth-order valence-electron chi connectivity index (χ4n) is 3.09. The molecule has 0 aromatic carbocycles.